The van der Waals surface area contributed by atoms with Gasteiger partial charge in [-0.05, 0) is 46.1 Å². The van der Waals surface area contributed by atoms with E-state index in [1.54, 1.807) is 20.8 Å². The van der Waals surface area contributed by atoms with Gasteiger partial charge in [0.2, 0.25) is 11.8 Å². The predicted octanol–water partition coefficient (Wildman–Crippen LogP) is 3.20. The fraction of sp³-hybridized carbons (Fsp3) is 0.609. The zero-order valence-corrected chi connectivity index (χ0v) is 18.7. The summed E-state index contributed by atoms with van der Waals surface area (Å²) in [6.45, 7) is 10.2. The third-order valence-corrected chi connectivity index (χ3v) is 5.30. The molecule has 2 rings (SSSR count). The van der Waals surface area contributed by atoms with Crippen LogP contribution in [0.4, 0.5) is 4.79 Å². The first-order valence-corrected chi connectivity index (χ1v) is 10.7. The van der Waals surface area contributed by atoms with Crippen molar-refractivity contribution < 1.29 is 19.1 Å². The second kappa shape index (κ2) is 10.5. The van der Waals surface area contributed by atoms with Gasteiger partial charge in [-0.1, -0.05) is 37.3 Å². The molecule has 1 aromatic carbocycles. The quantitative estimate of drug-likeness (QED) is 0.713. The number of nitrogens with one attached hydrogen (secondary N) is 2. The molecule has 3 atom stereocenters. The zero-order valence-electron chi connectivity index (χ0n) is 18.7. The molecule has 3 amide bonds. The van der Waals surface area contributed by atoms with Crippen molar-refractivity contribution in [1.29, 1.82) is 0 Å². The smallest absolute Gasteiger partial charge is 0.410 e. The van der Waals surface area contributed by atoms with Crippen molar-refractivity contribution in [3.05, 3.63) is 35.9 Å². The van der Waals surface area contributed by atoms with Crippen molar-refractivity contribution >= 4 is 17.9 Å². The Kier molecular flexibility index (Phi) is 8.26. The number of amides is 3. The van der Waals surface area contributed by atoms with Crippen LogP contribution in [0, 0.1) is 0 Å². The van der Waals surface area contributed by atoms with Gasteiger partial charge in [-0.3, -0.25) is 14.5 Å². The minimum Gasteiger partial charge on any atom is -0.444 e. The van der Waals surface area contributed by atoms with E-state index in [2.05, 4.69) is 17.6 Å². The van der Waals surface area contributed by atoms with E-state index in [-0.39, 0.29) is 36.7 Å². The Morgan fingerprint density at radius 2 is 1.83 bits per heavy atom. The number of benzene rings is 1. The molecule has 30 heavy (non-hydrogen) atoms. The van der Waals surface area contributed by atoms with Crippen molar-refractivity contribution in [3.63, 3.8) is 0 Å². The molecule has 1 fully saturated rings. The highest BCUT2D eigenvalue weighted by Crippen LogP contribution is 2.21. The number of carbonyl (C=O) groups excluding carboxylic acids is 3. The third kappa shape index (κ3) is 7.04. The molecule has 1 aliphatic heterocycles. The van der Waals surface area contributed by atoms with Crippen LogP contribution < -0.4 is 10.6 Å². The summed E-state index contributed by atoms with van der Waals surface area (Å²) in [4.78, 5) is 38.6. The summed E-state index contributed by atoms with van der Waals surface area (Å²) in [5.41, 5.74) is 0.564. The zero-order chi connectivity index (χ0) is 22.3. The van der Waals surface area contributed by atoms with Gasteiger partial charge in [0.1, 0.15) is 11.6 Å². The molecule has 0 bridgehead atoms. The molecule has 0 saturated carbocycles. The molecule has 7 nitrogen and oxygen atoms in total. The Hall–Kier alpha value is -2.57. The van der Waals surface area contributed by atoms with Crippen LogP contribution in [0.5, 0.6) is 0 Å². The Morgan fingerprint density at radius 1 is 1.17 bits per heavy atom. The van der Waals surface area contributed by atoms with Gasteiger partial charge in [-0.15, -0.1) is 0 Å². The number of nitrogens with zero attached hydrogens (tertiary/aromatic N) is 1. The van der Waals surface area contributed by atoms with Crippen LogP contribution in [-0.2, 0) is 14.3 Å². The lowest BCUT2D eigenvalue weighted by atomic mass is 9.94. The van der Waals surface area contributed by atoms with Crippen molar-refractivity contribution in [1.82, 2.24) is 15.5 Å². The molecule has 0 spiro atoms. The highest BCUT2D eigenvalue weighted by molar-refractivity contribution is 5.86. The molecule has 0 aliphatic carbocycles. The average molecular weight is 418 g/mol. The van der Waals surface area contributed by atoms with Crippen molar-refractivity contribution in [2.24, 2.45) is 0 Å². The maximum Gasteiger partial charge on any atom is 0.410 e. The first-order chi connectivity index (χ1) is 14.1. The van der Waals surface area contributed by atoms with Gasteiger partial charge in [-0.25, -0.2) is 4.79 Å². The third-order valence-electron chi connectivity index (χ3n) is 5.30. The van der Waals surface area contributed by atoms with Crippen LogP contribution in [0.2, 0.25) is 0 Å². The average Bonchev–Trinajstić information content (AvgIpc) is 3.17. The van der Waals surface area contributed by atoms with Gasteiger partial charge in [-0.2, -0.15) is 0 Å². The summed E-state index contributed by atoms with van der Waals surface area (Å²) in [6.07, 6.45) is 1.08. The maximum atomic E-state index is 12.5. The molecule has 0 aromatic heterocycles. The number of hydrogen-bond donors (Lipinski definition) is 2. The normalized spacial score (nSPS) is 18.4. The lowest BCUT2D eigenvalue weighted by molar-refractivity contribution is -0.125. The molecule has 1 aromatic rings. The van der Waals surface area contributed by atoms with Crippen molar-refractivity contribution in [3.8, 4) is 0 Å². The standard InChI is InChI=1S/C23H35N3O4/c1-16(18-10-7-6-8-11-18)17(2)25-20(27)13-14-24-21(28)19-12-9-15-26(19)22(29)30-23(3,4)5/h6-8,10-11,16-17,19H,9,12-15H2,1-5H3,(H,24,28)(H,25,27)/t16-,17-,19-/m0/s1. The lowest BCUT2D eigenvalue weighted by Gasteiger charge is -2.28. The first kappa shape index (κ1) is 23.7. The molecule has 166 valence electrons. The Bertz CT molecular complexity index is 730. The highest BCUT2D eigenvalue weighted by atomic mass is 16.6. The Labute approximate surface area is 179 Å². The summed E-state index contributed by atoms with van der Waals surface area (Å²) >= 11 is 0. The van der Waals surface area contributed by atoms with Gasteiger partial charge in [0.15, 0.2) is 0 Å². The predicted molar refractivity (Wildman–Crippen MR) is 116 cm³/mol. The monoisotopic (exact) mass is 417 g/mol. The number of likely N-dealkylation sites (tertiary alicyclic amines) is 1. The topological polar surface area (TPSA) is 87.7 Å². The van der Waals surface area contributed by atoms with Gasteiger partial charge in [0.05, 0.1) is 0 Å². The fourth-order valence-electron chi connectivity index (χ4n) is 3.49. The van der Waals surface area contributed by atoms with Gasteiger partial charge >= 0.3 is 6.09 Å². The van der Waals surface area contributed by atoms with Crippen LogP contribution in [-0.4, -0.2) is 53.6 Å². The van der Waals surface area contributed by atoms with Crippen LogP contribution >= 0.6 is 0 Å². The fourth-order valence-corrected chi connectivity index (χ4v) is 3.49. The van der Waals surface area contributed by atoms with E-state index < -0.39 is 17.7 Å². The summed E-state index contributed by atoms with van der Waals surface area (Å²) < 4.78 is 5.39. The van der Waals surface area contributed by atoms with E-state index in [0.717, 1.165) is 6.42 Å². The van der Waals surface area contributed by atoms with Gasteiger partial charge < -0.3 is 15.4 Å². The highest BCUT2D eigenvalue weighted by Gasteiger charge is 2.36. The number of hydrogen-bond acceptors (Lipinski definition) is 4. The second-order valence-corrected chi connectivity index (χ2v) is 8.93. The lowest BCUT2D eigenvalue weighted by Crippen LogP contribution is -2.48. The molecule has 7 heteroatoms. The molecule has 2 N–H and O–H groups in total. The number of ether oxygens (including phenoxy) is 1. The van der Waals surface area contributed by atoms with Gasteiger partial charge in [0.25, 0.3) is 0 Å². The van der Waals surface area contributed by atoms with Gasteiger partial charge in [0, 0.05) is 31.5 Å². The SMILES string of the molecule is C[C@H](NC(=O)CCNC(=O)[C@@H]1CCCN1C(=O)OC(C)(C)C)[C@H](C)c1ccccc1. The van der Waals surface area contributed by atoms with E-state index in [9.17, 15) is 14.4 Å². The van der Waals surface area contributed by atoms with E-state index in [4.69, 9.17) is 4.74 Å². The number of carbonyl (C=O) groups is 3. The van der Waals surface area contributed by atoms with E-state index >= 15 is 0 Å². The maximum absolute atomic E-state index is 12.5. The van der Waals surface area contributed by atoms with Crippen molar-refractivity contribution in [2.75, 3.05) is 13.1 Å². The van der Waals surface area contributed by atoms with Crippen LogP contribution in [0.25, 0.3) is 0 Å². The Balaban J connectivity index is 1.76. The van der Waals surface area contributed by atoms with Crippen LogP contribution in [0.15, 0.2) is 30.3 Å². The van der Waals surface area contributed by atoms with Crippen molar-refractivity contribution in [2.45, 2.75) is 77.5 Å². The summed E-state index contributed by atoms with van der Waals surface area (Å²) in [5.74, 6) is -0.163. The van der Waals surface area contributed by atoms with E-state index in [1.165, 1.54) is 10.5 Å². The molecule has 0 radical (unpaired) electrons. The summed E-state index contributed by atoms with van der Waals surface area (Å²) in [5, 5.41) is 5.79. The minimum absolute atomic E-state index is 0.0203. The molecule has 0 unspecified atom stereocenters. The van der Waals surface area contributed by atoms with Crippen LogP contribution in [0.3, 0.4) is 0 Å². The molecule has 1 saturated heterocycles. The molecular formula is C23H35N3O4. The summed E-state index contributed by atoms with van der Waals surface area (Å²) in [6, 6.07) is 9.47. The largest absolute Gasteiger partial charge is 0.444 e. The summed E-state index contributed by atoms with van der Waals surface area (Å²) in [7, 11) is 0. The second-order valence-electron chi connectivity index (χ2n) is 8.93. The Morgan fingerprint density at radius 3 is 2.47 bits per heavy atom. The molecular weight excluding hydrogens is 382 g/mol. The molecule has 1 aliphatic rings. The first-order valence-electron chi connectivity index (χ1n) is 10.7. The van der Waals surface area contributed by atoms with Crippen LogP contribution in [0.1, 0.15) is 65.4 Å². The number of rotatable bonds is 7. The molecule has 1 heterocycles. The van der Waals surface area contributed by atoms with E-state index in [1.807, 2.05) is 37.3 Å². The van der Waals surface area contributed by atoms with E-state index in [0.29, 0.717) is 13.0 Å². The minimum atomic E-state index is -0.605.